The minimum atomic E-state index is 0.0605. The molecule has 2 rings (SSSR count). The number of carbonyl (C=O) groups is 1. The molecule has 0 spiro atoms. The van der Waals surface area contributed by atoms with Crippen molar-refractivity contribution in [3.8, 4) is 6.07 Å². The number of nitrogens with one attached hydrogen (secondary N) is 1. The van der Waals surface area contributed by atoms with E-state index in [2.05, 4.69) is 18.3 Å². The zero-order valence-corrected chi connectivity index (χ0v) is 8.58. The Morgan fingerprint density at radius 3 is 3.07 bits per heavy atom. The van der Waals surface area contributed by atoms with Gasteiger partial charge in [0.1, 0.15) is 0 Å². The van der Waals surface area contributed by atoms with E-state index in [0.29, 0.717) is 17.9 Å². The standard InChI is InChI=1S/C12H12N2O/c1-8-2-5-12(15)14-11-4-3-9(7-13)6-10(8)11/h3-4,6,8H,2,5H2,1H3,(H,14,15)/t8-/m0/s1. The van der Waals surface area contributed by atoms with Crippen molar-refractivity contribution in [1.82, 2.24) is 0 Å². The van der Waals surface area contributed by atoms with Gasteiger partial charge in [-0.25, -0.2) is 0 Å². The molecule has 15 heavy (non-hydrogen) atoms. The van der Waals surface area contributed by atoms with Gasteiger partial charge in [-0.15, -0.1) is 0 Å². The Bertz CT molecular complexity index is 445. The molecule has 0 saturated heterocycles. The van der Waals surface area contributed by atoms with Crippen LogP contribution in [0.25, 0.3) is 0 Å². The molecule has 0 fully saturated rings. The van der Waals surface area contributed by atoms with Crippen molar-refractivity contribution < 1.29 is 4.79 Å². The second-order valence-corrected chi connectivity index (χ2v) is 3.90. The highest BCUT2D eigenvalue weighted by Gasteiger charge is 2.18. The number of rotatable bonds is 0. The summed E-state index contributed by atoms with van der Waals surface area (Å²) in [6, 6.07) is 7.53. The number of benzene rings is 1. The van der Waals surface area contributed by atoms with Gasteiger partial charge in [0.2, 0.25) is 5.91 Å². The van der Waals surface area contributed by atoms with Crippen LogP contribution in [0.15, 0.2) is 18.2 Å². The summed E-state index contributed by atoms with van der Waals surface area (Å²) in [5.41, 5.74) is 2.57. The highest BCUT2D eigenvalue weighted by Crippen LogP contribution is 2.31. The second kappa shape index (κ2) is 3.74. The van der Waals surface area contributed by atoms with Crippen LogP contribution in [0.2, 0.25) is 0 Å². The summed E-state index contributed by atoms with van der Waals surface area (Å²) in [6.07, 6.45) is 1.39. The van der Waals surface area contributed by atoms with Gasteiger partial charge in [0, 0.05) is 12.1 Å². The fourth-order valence-corrected chi connectivity index (χ4v) is 1.87. The maximum Gasteiger partial charge on any atom is 0.224 e. The third-order valence-corrected chi connectivity index (χ3v) is 2.79. The molecule has 1 amide bonds. The van der Waals surface area contributed by atoms with E-state index in [1.165, 1.54) is 0 Å². The van der Waals surface area contributed by atoms with Crippen molar-refractivity contribution in [3.05, 3.63) is 29.3 Å². The van der Waals surface area contributed by atoms with E-state index in [4.69, 9.17) is 5.26 Å². The summed E-state index contributed by atoms with van der Waals surface area (Å²) in [4.78, 5) is 11.4. The minimum absolute atomic E-state index is 0.0605. The fourth-order valence-electron chi connectivity index (χ4n) is 1.87. The van der Waals surface area contributed by atoms with Crippen molar-refractivity contribution >= 4 is 11.6 Å². The normalized spacial score (nSPS) is 19.7. The highest BCUT2D eigenvalue weighted by molar-refractivity contribution is 5.92. The quantitative estimate of drug-likeness (QED) is 0.699. The van der Waals surface area contributed by atoms with E-state index in [-0.39, 0.29) is 5.91 Å². The number of fused-ring (bicyclic) bond motifs is 1. The number of anilines is 1. The first-order chi connectivity index (χ1) is 7.20. The van der Waals surface area contributed by atoms with Gasteiger partial charge in [-0.2, -0.15) is 5.26 Å². The number of amides is 1. The van der Waals surface area contributed by atoms with Gasteiger partial charge >= 0.3 is 0 Å². The molecule has 3 nitrogen and oxygen atoms in total. The van der Waals surface area contributed by atoms with Crippen molar-refractivity contribution in [1.29, 1.82) is 5.26 Å². The van der Waals surface area contributed by atoms with E-state index < -0.39 is 0 Å². The molecule has 0 aromatic heterocycles. The molecule has 1 N–H and O–H groups in total. The van der Waals surface area contributed by atoms with Crippen LogP contribution < -0.4 is 5.32 Å². The van der Waals surface area contributed by atoms with Gasteiger partial charge in [-0.3, -0.25) is 4.79 Å². The minimum Gasteiger partial charge on any atom is -0.326 e. The first-order valence-electron chi connectivity index (χ1n) is 5.04. The lowest BCUT2D eigenvalue weighted by Crippen LogP contribution is -2.09. The van der Waals surface area contributed by atoms with Crippen LogP contribution in [0.3, 0.4) is 0 Å². The lowest BCUT2D eigenvalue weighted by Gasteiger charge is -2.11. The maximum atomic E-state index is 11.4. The molecule has 1 heterocycles. The maximum absolute atomic E-state index is 11.4. The number of nitrogens with zero attached hydrogens (tertiary/aromatic N) is 1. The molecule has 1 aliphatic rings. The molecule has 1 aliphatic heterocycles. The number of hydrogen-bond acceptors (Lipinski definition) is 2. The summed E-state index contributed by atoms with van der Waals surface area (Å²) in [5, 5.41) is 11.7. The van der Waals surface area contributed by atoms with Crippen molar-refractivity contribution in [2.24, 2.45) is 0 Å². The summed E-state index contributed by atoms with van der Waals surface area (Å²) < 4.78 is 0. The average Bonchev–Trinajstić information content (AvgIpc) is 2.39. The smallest absolute Gasteiger partial charge is 0.224 e. The summed E-state index contributed by atoms with van der Waals surface area (Å²) in [5.74, 6) is 0.387. The molecule has 3 heteroatoms. The first-order valence-corrected chi connectivity index (χ1v) is 5.04. The molecular formula is C12H12N2O. The molecule has 0 radical (unpaired) electrons. The van der Waals surface area contributed by atoms with Crippen LogP contribution >= 0.6 is 0 Å². The molecule has 1 aromatic rings. The van der Waals surface area contributed by atoms with E-state index in [0.717, 1.165) is 17.7 Å². The largest absolute Gasteiger partial charge is 0.326 e. The Morgan fingerprint density at radius 1 is 1.53 bits per heavy atom. The fraction of sp³-hybridized carbons (Fsp3) is 0.333. The Morgan fingerprint density at radius 2 is 2.33 bits per heavy atom. The Labute approximate surface area is 88.7 Å². The van der Waals surface area contributed by atoms with Gasteiger partial charge < -0.3 is 5.32 Å². The molecule has 1 atom stereocenters. The van der Waals surface area contributed by atoms with Gasteiger partial charge in [0.05, 0.1) is 11.6 Å². The molecule has 0 unspecified atom stereocenters. The first kappa shape index (κ1) is 9.72. The molecule has 0 saturated carbocycles. The molecule has 0 bridgehead atoms. The molecular weight excluding hydrogens is 188 g/mol. The van der Waals surface area contributed by atoms with Crippen LogP contribution in [0, 0.1) is 11.3 Å². The number of nitriles is 1. The van der Waals surface area contributed by atoms with Crippen LogP contribution in [-0.2, 0) is 4.79 Å². The van der Waals surface area contributed by atoms with Crippen LogP contribution in [0.5, 0.6) is 0 Å². The highest BCUT2D eigenvalue weighted by atomic mass is 16.1. The zero-order chi connectivity index (χ0) is 10.8. The third kappa shape index (κ3) is 1.84. The average molecular weight is 200 g/mol. The van der Waals surface area contributed by atoms with Crippen LogP contribution in [0.4, 0.5) is 5.69 Å². The summed E-state index contributed by atoms with van der Waals surface area (Å²) in [7, 11) is 0. The van der Waals surface area contributed by atoms with E-state index in [1.807, 2.05) is 12.1 Å². The van der Waals surface area contributed by atoms with Gasteiger partial charge in [0.15, 0.2) is 0 Å². The lowest BCUT2D eigenvalue weighted by atomic mass is 9.95. The van der Waals surface area contributed by atoms with E-state index >= 15 is 0 Å². The second-order valence-electron chi connectivity index (χ2n) is 3.90. The van der Waals surface area contributed by atoms with E-state index in [9.17, 15) is 4.79 Å². The number of hydrogen-bond donors (Lipinski definition) is 1. The lowest BCUT2D eigenvalue weighted by molar-refractivity contribution is -0.116. The topological polar surface area (TPSA) is 52.9 Å². The predicted octanol–water partition coefficient (Wildman–Crippen LogP) is 2.39. The van der Waals surface area contributed by atoms with Crippen LogP contribution in [0.1, 0.15) is 36.8 Å². The van der Waals surface area contributed by atoms with Crippen molar-refractivity contribution in [2.45, 2.75) is 25.7 Å². The Balaban J connectivity index is 2.49. The van der Waals surface area contributed by atoms with Crippen molar-refractivity contribution in [3.63, 3.8) is 0 Å². The van der Waals surface area contributed by atoms with Gasteiger partial charge in [-0.05, 0) is 36.1 Å². The van der Waals surface area contributed by atoms with Crippen LogP contribution in [-0.4, -0.2) is 5.91 Å². The predicted molar refractivity (Wildman–Crippen MR) is 57.4 cm³/mol. The van der Waals surface area contributed by atoms with Gasteiger partial charge in [-0.1, -0.05) is 6.92 Å². The molecule has 76 valence electrons. The monoisotopic (exact) mass is 200 g/mol. The Kier molecular flexibility index (Phi) is 2.42. The molecule has 1 aromatic carbocycles. The number of carbonyl (C=O) groups excluding carboxylic acids is 1. The van der Waals surface area contributed by atoms with Gasteiger partial charge in [0.25, 0.3) is 0 Å². The van der Waals surface area contributed by atoms with Crippen molar-refractivity contribution in [2.75, 3.05) is 5.32 Å². The SMILES string of the molecule is C[C@H]1CCC(=O)Nc2ccc(C#N)cc21. The summed E-state index contributed by atoms with van der Waals surface area (Å²) >= 11 is 0. The Hall–Kier alpha value is -1.82. The summed E-state index contributed by atoms with van der Waals surface area (Å²) in [6.45, 7) is 2.08. The molecule has 0 aliphatic carbocycles. The third-order valence-electron chi connectivity index (χ3n) is 2.79. The zero-order valence-electron chi connectivity index (χ0n) is 8.58. The van der Waals surface area contributed by atoms with E-state index in [1.54, 1.807) is 6.07 Å².